The first-order valence-corrected chi connectivity index (χ1v) is 3.44. The van der Waals surface area contributed by atoms with Crippen LogP contribution in [-0.2, 0) is 0 Å². The summed E-state index contributed by atoms with van der Waals surface area (Å²) in [4.78, 5) is 0. The third kappa shape index (κ3) is 1.52. The van der Waals surface area contributed by atoms with E-state index in [-0.39, 0.29) is 6.42 Å². The van der Waals surface area contributed by atoms with E-state index in [0.29, 0.717) is 0 Å². The van der Waals surface area contributed by atoms with E-state index in [0.717, 1.165) is 0 Å². The molecular weight excluding hydrogens is 152 g/mol. The SMILES string of the molecule is OC1CC(O)[C@@H](O)C(O)C1O. The molecule has 4 unspecified atom stereocenters. The van der Waals surface area contributed by atoms with Gasteiger partial charge in [0.05, 0.1) is 12.2 Å². The molecular formula is C6H12O5. The molecule has 1 fully saturated rings. The van der Waals surface area contributed by atoms with E-state index in [1.54, 1.807) is 0 Å². The summed E-state index contributed by atoms with van der Waals surface area (Å²) in [5.74, 6) is 0. The van der Waals surface area contributed by atoms with Crippen LogP contribution in [0.1, 0.15) is 6.42 Å². The molecule has 1 saturated carbocycles. The molecule has 5 atom stereocenters. The molecule has 0 radical (unpaired) electrons. The summed E-state index contributed by atoms with van der Waals surface area (Å²) >= 11 is 0. The van der Waals surface area contributed by atoms with Crippen molar-refractivity contribution in [2.75, 3.05) is 0 Å². The van der Waals surface area contributed by atoms with Gasteiger partial charge in [-0.3, -0.25) is 0 Å². The summed E-state index contributed by atoms with van der Waals surface area (Å²) in [5, 5.41) is 44.8. The Morgan fingerprint density at radius 3 is 1.36 bits per heavy atom. The molecule has 11 heavy (non-hydrogen) atoms. The fourth-order valence-corrected chi connectivity index (χ4v) is 1.18. The lowest BCUT2D eigenvalue weighted by Gasteiger charge is -2.35. The van der Waals surface area contributed by atoms with Crippen molar-refractivity contribution in [3.05, 3.63) is 0 Å². The maximum atomic E-state index is 8.97. The van der Waals surface area contributed by atoms with Crippen LogP contribution < -0.4 is 0 Å². The molecule has 1 aliphatic carbocycles. The highest BCUT2D eigenvalue weighted by molar-refractivity contribution is 4.92. The Morgan fingerprint density at radius 2 is 1.00 bits per heavy atom. The monoisotopic (exact) mass is 164 g/mol. The molecule has 5 heteroatoms. The molecule has 1 aliphatic rings. The van der Waals surface area contributed by atoms with Crippen molar-refractivity contribution in [2.24, 2.45) is 0 Å². The molecule has 0 bridgehead atoms. The average molecular weight is 164 g/mol. The van der Waals surface area contributed by atoms with E-state index in [4.69, 9.17) is 25.5 Å². The summed E-state index contributed by atoms with van der Waals surface area (Å²) in [5.41, 5.74) is 0. The zero-order valence-corrected chi connectivity index (χ0v) is 5.83. The van der Waals surface area contributed by atoms with Crippen molar-refractivity contribution in [2.45, 2.75) is 36.9 Å². The minimum atomic E-state index is -1.46. The molecule has 0 amide bonds. The number of hydrogen-bond acceptors (Lipinski definition) is 5. The van der Waals surface area contributed by atoms with Crippen LogP contribution >= 0.6 is 0 Å². The quantitative estimate of drug-likeness (QED) is 0.266. The second kappa shape index (κ2) is 3.04. The van der Waals surface area contributed by atoms with Gasteiger partial charge in [0, 0.05) is 6.42 Å². The van der Waals surface area contributed by atoms with Gasteiger partial charge in [-0.1, -0.05) is 0 Å². The molecule has 0 spiro atoms. The lowest BCUT2D eigenvalue weighted by atomic mass is 9.87. The van der Waals surface area contributed by atoms with Crippen LogP contribution in [0.25, 0.3) is 0 Å². The number of rotatable bonds is 0. The Labute approximate surface area is 63.5 Å². The van der Waals surface area contributed by atoms with Crippen molar-refractivity contribution < 1.29 is 25.5 Å². The molecule has 0 saturated heterocycles. The van der Waals surface area contributed by atoms with Crippen molar-refractivity contribution in [3.63, 3.8) is 0 Å². The van der Waals surface area contributed by atoms with Crippen molar-refractivity contribution in [3.8, 4) is 0 Å². The largest absolute Gasteiger partial charge is 0.390 e. The standard InChI is InChI=1S/C6H12O5/c7-2-1-3(8)5(10)6(11)4(2)9/h2-11H,1H2/t2?,3?,4-,5?,6?/m1/s1. The highest BCUT2D eigenvalue weighted by atomic mass is 16.4. The number of aliphatic hydroxyl groups excluding tert-OH is 5. The van der Waals surface area contributed by atoms with Gasteiger partial charge in [-0.05, 0) is 0 Å². The zero-order valence-electron chi connectivity index (χ0n) is 5.83. The smallest absolute Gasteiger partial charge is 0.111 e. The van der Waals surface area contributed by atoms with Gasteiger partial charge in [-0.25, -0.2) is 0 Å². The first-order chi connectivity index (χ1) is 5.04. The van der Waals surface area contributed by atoms with E-state index in [2.05, 4.69) is 0 Å². The maximum Gasteiger partial charge on any atom is 0.111 e. The van der Waals surface area contributed by atoms with E-state index in [1.807, 2.05) is 0 Å². The van der Waals surface area contributed by atoms with Crippen LogP contribution in [0.15, 0.2) is 0 Å². The van der Waals surface area contributed by atoms with Crippen LogP contribution in [0.2, 0.25) is 0 Å². The molecule has 5 N–H and O–H groups in total. The first kappa shape index (κ1) is 8.89. The van der Waals surface area contributed by atoms with E-state index in [9.17, 15) is 0 Å². The van der Waals surface area contributed by atoms with Gasteiger partial charge in [0.25, 0.3) is 0 Å². The van der Waals surface area contributed by atoms with Gasteiger partial charge in [-0.2, -0.15) is 0 Å². The van der Waals surface area contributed by atoms with Crippen molar-refractivity contribution in [1.29, 1.82) is 0 Å². The lowest BCUT2D eigenvalue weighted by molar-refractivity contribution is -0.176. The zero-order chi connectivity index (χ0) is 8.59. The molecule has 0 heterocycles. The van der Waals surface area contributed by atoms with Crippen molar-refractivity contribution >= 4 is 0 Å². The van der Waals surface area contributed by atoms with Crippen LogP contribution in [0, 0.1) is 0 Å². The van der Waals surface area contributed by atoms with Crippen LogP contribution in [0.4, 0.5) is 0 Å². The molecule has 0 aromatic heterocycles. The third-order valence-electron chi connectivity index (χ3n) is 1.97. The Hall–Kier alpha value is -0.200. The summed E-state index contributed by atoms with van der Waals surface area (Å²) in [6, 6.07) is 0. The van der Waals surface area contributed by atoms with Crippen LogP contribution in [0.3, 0.4) is 0 Å². The van der Waals surface area contributed by atoms with E-state index >= 15 is 0 Å². The Kier molecular flexibility index (Phi) is 2.46. The van der Waals surface area contributed by atoms with Gasteiger partial charge < -0.3 is 25.5 Å². The summed E-state index contributed by atoms with van der Waals surface area (Å²) in [6.07, 6.45) is -6.64. The Morgan fingerprint density at radius 1 is 0.636 bits per heavy atom. The molecule has 1 rings (SSSR count). The summed E-state index contributed by atoms with van der Waals surface area (Å²) in [6.45, 7) is 0. The lowest BCUT2D eigenvalue weighted by Crippen LogP contribution is -2.55. The number of hydrogen-bond donors (Lipinski definition) is 5. The fraction of sp³-hybridized carbons (Fsp3) is 1.00. The second-order valence-corrected chi connectivity index (χ2v) is 2.84. The van der Waals surface area contributed by atoms with Gasteiger partial charge >= 0.3 is 0 Å². The summed E-state index contributed by atoms with van der Waals surface area (Å²) in [7, 11) is 0. The normalized spacial score (nSPS) is 52.6. The topological polar surface area (TPSA) is 101 Å². The second-order valence-electron chi connectivity index (χ2n) is 2.84. The Balaban J connectivity index is 2.63. The Bertz CT molecular complexity index is 125. The third-order valence-corrected chi connectivity index (χ3v) is 1.97. The minimum absolute atomic E-state index is 0.112. The van der Waals surface area contributed by atoms with Gasteiger partial charge in [-0.15, -0.1) is 0 Å². The highest BCUT2D eigenvalue weighted by Gasteiger charge is 2.40. The summed E-state index contributed by atoms with van der Waals surface area (Å²) < 4.78 is 0. The van der Waals surface area contributed by atoms with Gasteiger partial charge in [0.1, 0.15) is 18.3 Å². The molecule has 66 valence electrons. The van der Waals surface area contributed by atoms with Crippen LogP contribution in [0.5, 0.6) is 0 Å². The average Bonchev–Trinajstić information content (AvgIpc) is 1.97. The number of aliphatic hydroxyl groups is 5. The predicted octanol–water partition coefficient (Wildman–Crippen LogP) is -2.81. The maximum absolute atomic E-state index is 8.97. The molecule has 0 aromatic carbocycles. The molecule has 5 nitrogen and oxygen atoms in total. The van der Waals surface area contributed by atoms with E-state index < -0.39 is 30.5 Å². The molecule has 0 aliphatic heterocycles. The van der Waals surface area contributed by atoms with Gasteiger partial charge in [0.2, 0.25) is 0 Å². The van der Waals surface area contributed by atoms with Gasteiger partial charge in [0.15, 0.2) is 0 Å². The predicted molar refractivity (Wildman–Crippen MR) is 34.7 cm³/mol. The first-order valence-electron chi connectivity index (χ1n) is 3.44. The molecule has 0 aromatic rings. The minimum Gasteiger partial charge on any atom is -0.390 e. The fourth-order valence-electron chi connectivity index (χ4n) is 1.18. The van der Waals surface area contributed by atoms with Crippen molar-refractivity contribution in [1.82, 2.24) is 0 Å². The van der Waals surface area contributed by atoms with Crippen LogP contribution in [-0.4, -0.2) is 56.1 Å². The highest BCUT2D eigenvalue weighted by Crippen LogP contribution is 2.20. The van der Waals surface area contributed by atoms with E-state index in [1.165, 1.54) is 0 Å².